The zero-order valence-electron chi connectivity index (χ0n) is 16.0. The maximum absolute atomic E-state index is 12.7. The van der Waals surface area contributed by atoms with E-state index in [9.17, 15) is 4.79 Å². The van der Waals surface area contributed by atoms with E-state index in [1.807, 2.05) is 37.3 Å². The third-order valence-electron chi connectivity index (χ3n) is 4.63. The van der Waals surface area contributed by atoms with Gasteiger partial charge in [0, 0.05) is 11.8 Å². The van der Waals surface area contributed by atoms with Gasteiger partial charge in [0.2, 0.25) is 12.7 Å². The second-order valence-electron chi connectivity index (χ2n) is 6.63. The van der Waals surface area contributed by atoms with E-state index in [1.165, 1.54) is 18.1 Å². The summed E-state index contributed by atoms with van der Waals surface area (Å²) in [6.07, 6.45) is 3.22. The molecule has 2 aromatic heterocycles. The molecule has 30 heavy (non-hydrogen) atoms. The summed E-state index contributed by atoms with van der Waals surface area (Å²) in [6, 6.07) is 15.1. The Morgan fingerprint density at radius 1 is 1.13 bits per heavy atom. The molecule has 8 nitrogen and oxygen atoms in total. The highest BCUT2D eigenvalue weighted by Gasteiger charge is 2.20. The molecule has 0 aliphatic carbocycles. The van der Waals surface area contributed by atoms with Gasteiger partial charge in [-0.15, -0.1) is 0 Å². The van der Waals surface area contributed by atoms with Crippen LogP contribution in [0.25, 0.3) is 16.7 Å². The molecule has 150 valence electrons. The molecule has 1 amide bonds. The number of benzene rings is 2. The molecule has 0 bridgehead atoms. The van der Waals surface area contributed by atoms with E-state index in [2.05, 4.69) is 20.4 Å². The molecule has 3 heterocycles. The summed E-state index contributed by atoms with van der Waals surface area (Å²) in [5.41, 5.74) is 2.26. The fourth-order valence-corrected chi connectivity index (χ4v) is 3.99. The first-order chi connectivity index (χ1) is 14.7. The summed E-state index contributed by atoms with van der Waals surface area (Å²) in [4.78, 5) is 21.5. The van der Waals surface area contributed by atoms with Gasteiger partial charge in [-0.2, -0.15) is 5.10 Å². The van der Waals surface area contributed by atoms with Crippen molar-refractivity contribution in [1.29, 1.82) is 0 Å². The van der Waals surface area contributed by atoms with Gasteiger partial charge in [-0.1, -0.05) is 30.0 Å². The summed E-state index contributed by atoms with van der Waals surface area (Å²) >= 11 is 1.36. The van der Waals surface area contributed by atoms with Crippen LogP contribution < -0.4 is 14.8 Å². The number of amides is 1. The fraction of sp³-hybridized carbons (Fsp3) is 0.143. The van der Waals surface area contributed by atoms with Gasteiger partial charge >= 0.3 is 0 Å². The molecular weight excluding hydrogens is 402 g/mol. The summed E-state index contributed by atoms with van der Waals surface area (Å²) in [5, 5.41) is 8.49. The molecule has 1 aliphatic heterocycles. The van der Waals surface area contributed by atoms with E-state index < -0.39 is 0 Å². The predicted molar refractivity (Wildman–Crippen MR) is 113 cm³/mol. The van der Waals surface area contributed by atoms with Gasteiger partial charge in [0.05, 0.1) is 22.5 Å². The van der Waals surface area contributed by atoms with Gasteiger partial charge in [-0.25, -0.2) is 14.6 Å². The number of ether oxygens (including phenoxy) is 2. The van der Waals surface area contributed by atoms with Crippen molar-refractivity contribution < 1.29 is 14.3 Å². The second-order valence-corrected chi connectivity index (χ2v) is 7.95. The number of thioether (sulfide) groups is 1. The van der Waals surface area contributed by atoms with E-state index in [1.54, 1.807) is 29.1 Å². The minimum absolute atomic E-state index is 0.138. The standard InChI is InChI=1S/C21H17N5O3S/c1-13(20(27)25-14-7-8-17-18(9-14)29-12-28-17)30-21-16-10-24-26(19(16)22-11-23-21)15-5-3-2-4-6-15/h2-11,13H,12H2,1H3,(H,25,27). The Bertz CT molecular complexity index is 1230. The second kappa shape index (κ2) is 7.68. The highest BCUT2D eigenvalue weighted by molar-refractivity contribution is 8.00. The van der Waals surface area contributed by atoms with Crippen LogP contribution in [0.2, 0.25) is 0 Å². The lowest BCUT2D eigenvalue weighted by Gasteiger charge is -2.12. The summed E-state index contributed by atoms with van der Waals surface area (Å²) in [6.45, 7) is 2.03. The molecule has 1 atom stereocenters. The van der Waals surface area contributed by atoms with Gasteiger partial charge in [0.1, 0.15) is 11.4 Å². The molecule has 1 N–H and O–H groups in total. The van der Waals surface area contributed by atoms with E-state index >= 15 is 0 Å². The third-order valence-corrected chi connectivity index (χ3v) is 5.74. The SMILES string of the molecule is CC(Sc1ncnc2c1cnn2-c1ccccc1)C(=O)Nc1ccc2c(c1)OCO2. The maximum atomic E-state index is 12.7. The molecule has 9 heteroatoms. The van der Waals surface area contributed by atoms with E-state index in [-0.39, 0.29) is 18.0 Å². The molecule has 0 spiro atoms. The molecule has 1 unspecified atom stereocenters. The Kier molecular flexibility index (Phi) is 4.72. The molecule has 0 radical (unpaired) electrons. The predicted octanol–water partition coefficient (Wildman–Crippen LogP) is 3.66. The number of nitrogens with zero attached hydrogens (tertiary/aromatic N) is 4. The van der Waals surface area contributed by atoms with Crippen LogP contribution in [-0.2, 0) is 4.79 Å². The lowest BCUT2D eigenvalue weighted by atomic mass is 10.2. The first kappa shape index (κ1) is 18.4. The van der Waals surface area contributed by atoms with Gasteiger partial charge in [0.25, 0.3) is 0 Å². The average molecular weight is 419 g/mol. The van der Waals surface area contributed by atoms with Crippen LogP contribution in [0.15, 0.2) is 66.1 Å². The quantitative estimate of drug-likeness (QED) is 0.390. The highest BCUT2D eigenvalue weighted by atomic mass is 32.2. The zero-order valence-corrected chi connectivity index (χ0v) is 16.8. The van der Waals surface area contributed by atoms with E-state index in [0.29, 0.717) is 27.9 Å². The number of para-hydroxylation sites is 1. The molecule has 1 aliphatic rings. The Morgan fingerprint density at radius 2 is 1.97 bits per heavy atom. The highest BCUT2D eigenvalue weighted by Crippen LogP contribution is 2.35. The maximum Gasteiger partial charge on any atom is 0.237 e. The van der Waals surface area contributed by atoms with Crippen molar-refractivity contribution in [3.8, 4) is 17.2 Å². The molecule has 0 saturated heterocycles. The van der Waals surface area contributed by atoms with Gasteiger partial charge < -0.3 is 14.8 Å². The fourth-order valence-electron chi connectivity index (χ4n) is 3.11. The van der Waals surface area contributed by atoms with E-state index in [4.69, 9.17) is 9.47 Å². The summed E-state index contributed by atoms with van der Waals surface area (Å²) in [7, 11) is 0. The van der Waals surface area contributed by atoms with Crippen LogP contribution in [-0.4, -0.2) is 37.7 Å². The van der Waals surface area contributed by atoms with Crippen LogP contribution in [0.1, 0.15) is 6.92 Å². The molecule has 2 aromatic carbocycles. The minimum Gasteiger partial charge on any atom is -0.454 e. The van der Waals surface area contributed by atoms with Crippen LogP contribution in [0, 0.1) is 0 Å². The largest absolute Gasteiger partial charge is 0.454 e. The summed E-state index contributed by atoms with van der Waals surface area (Å²) < 4.78 is 12.4. The topological polar surface area (TPSA) is 91.2 Å². The van der Waals surface area contributed by atoms with Crippen LogP contribution in [0.4, 0.5) is 5.69 Å². The number of carbonyl (C=O) groups excluding carboxylic acids is 1. The van der Waals surface area contributed by atoms with Crippen LogP contribution >= 0.6 is 11.8 Å². The number of aromatic nitrogens is 4. The Labute approximate surface area is 176 Å². The third kappa shape index (κ3) is 3.43. The monoisotopic (exact) mass is 419 g/mol. The normalized spacial score (nSPS) is 13.4. The number of hydrogen-bond acceptors (Lipinski definition) is 7. The number of hydrogen-bond donors (Lipinski definition) is 1. The number of rotatable bonds is 5. The van der Waals surface area contributed by atoms with Gasteiger partial charge in [-0.3, -0.25) is 4.79 Å². The lowest BCUT2D eigenvalue weighted by molar-refractivity contribution is -0.115. The van der Waals surface area contributed by atoms with Crippen molar-refractivity contribution in [2.45, 2.75) is 17.2 Å². The minimum atomic E-state index is -0.381. The molecule has 5 rings (SSSR count). The van der Waals surface area contributed by atoms with Crippen molar-refractivity contribution in [3.63, 3.8) is 0 Å². The molecular formula is C21H17N5O3S. The number of carbonyl (C=O) groups is 1. The molecule has 0 fully saturated rings. The zero-order chi connectivity index (χ0) is 20.5. The lowest BCUT2D eigenvalue weighted by Crippen LogP contribution is -2.22. The first-order valence-electron chi connectivity index (χ1n) is 9.30. The first-order valence-corrected chi connectivity index (χ1v) is 10.2. The Morgan fingerprint density at radius 3 is 2.83 bits per heavy atom. The smallest absolute Gasteiger partial charge is 0.237 e. The Hall–Kier alpha value is -3.59. The van der Waals surface area contributed by atoms with Crippen molar-refractivity contribution >= 4 is 34.4 Å². The van der Waals surface area contributed by atoms with Crippen molar-refractivity contribution in [3.05, 3.63) is 61.1 Å². The van der Waals surface area contributed by atoms with Crippen LogP contribution in [0.5, 0.6) is 11.5 Å². The van der Waals surface area contributed by atoms with Crippen LogP contribution in [0.3, 0.4) is 0 Å². The number of nitrogens with one attached hydrogen (secondary N) is 1. The van der Waals surface area contributed by atoms with Crippen molar-refractivity contribution in [2.24, 2.45) is 0 Å². The molecule has 0 saturated carbocycles. The summed E-state index contributed by atoms with van der Waals surface area (Å²) in [5.74, 6) is 1.16. The van der Waals surface area contributed by atoms with Crippen molar-refractivity contribution in [2.75, 3.05) is 12.1 Å². The van der Waals surface area contributed by atoms with E-state index in [0.717, 1.165) is 11.1 Å². The van der Waals surface area contributed by atoms with Gasteiger partial charge in [-0.05, 0) is 31.2 Å². The Balaban J connectivity index is 1.35. The molecule has 4 aromatic rings. The average Bonchev–Trinajstić information content (AvgIpc) is 3.41. The van der Waals surface area contributed by atoms with Gasteiger partial charge in [0.15, 0.2) is 17.1 Å². The van der Waals surface area contributed by atoms with Crippen molar-refractivity contribution in [1.82, 2.24) is 19.7 Å². The number of anilines is 1. The number of fused-ring (bicyclic) bond motifs is 2.